The lowest BCUT2D eigenvalue weighted by molar-refractivity contribution is 0.750. The minimum absolute atomic E-state index is 0.524. The fourth-order valence-electron chi connectivity index (χ4n) is 1.37. The Morgan fingerprint density at radius 2 is 2.07 bits per heavy atom. The third kappa shape index (κ3) is 2.20. The van der Waals surface area contributed by atoms with Crippen LogP contribution < -0.4 is 0 Å². The topological polar surface area (TPSA) is 35.1 Å². The first kappa shape index (κ1) is 9.41. The molecule has 0 aliphatic carbocycles. The van der Waals surface area contributed by atoms with Gasteiger partial charge in [0.05, 0.1) is 18.1 Å². The van der Waals surface area contributed by atoms with Crippen LogP contribution in [-0.2, 0) is 6.42 Å². The van der Waals surface area contributed by atoms with Gasteiger partial charge in [-0.15, -0.1) is 0 Å². The summed E-state index contributed by atoms with van der Waals surface area (Å²) in [7, 11) is 0. The van der Waals surface area contributed by atoms with Crippen LogP contribution in [-0.4, -0.2) is 21.5 Å². The molecule has 0 N–H and O–H groups in total. The minimum Gasteiger partial charge on any atom is -0.317 e. The predicted octanol–water partition coefficient (Wildman–Crippen LogP) is 1.73. The third-order valence-corrected chi connectivity index (χ3v) is 2.07. The van der Waals surface area contributed by atoms with Crippen LogP contribution in [0.5, 0.6) is 0 Å². The van der Waals surface area contributed by atoms with Gasteiger partial charge in [0.25, 0.3) is 0 Å². The molecule has 15 heavy (non-hydrogen) atoms. The second kappa shape index (κ2) is 4.38. The molecule has 0 saturated heterocycles. The Morgan fingerprint density at radius 1 is 1.27 bits per heavy atom. The van der Waals surface area contributed by atoms with Crippen molar-refractivity contribution in [1.29, 1.82) is 0 Å². The summed E-state index contributed by atoms with van der Waals surface area (Å²) in [6, 6.07) is 7.92. The van der Waals surface area contributed by atoms with Crippen LogP contribution in [0.2, 0.25) is 0 Å². The number of benzene rings is 1. The Labute approximate surface area is 88.0 Å². The second-order valence-corrected chi connectivity index (χ2v) is 3.12. The Hall–Kier alpha value is -2.15. The van der Waals surface area contributed by atoms with Crippen LogP contribution in [0.25, 0.3) is 10.5 Å². The molecule has 2 aromatic rings. The maximum absolute atomic E-state index is 6.74. The second-order valence-electron chi connectivity index (χ2n) is 3.12. The zero-order valence-corrected chi connectivity index (χ0v) is 8.17. The van der Waals surface area contributed by atoms with Gasteiger partial charge in [-0.05, 0) is 17.7 Å². The van der Waals surface area contributed by atoms with Gasteiger partial charge in [-0.2, -0.15) is 15.0 Å². The van der Waals surface area contributed by atoms with E-state index in [0.29, 0.717) is 6.54 Å². The summed E-state index contributed by atoms with van der Waals surface area (Å²) in [6.45, 7) is 7.26. The summed E-state index contributed by atoms with van der Waals surface area (Å²) in [4.78, 5) is 4.91. The lowest BCUT2D eigenvalue weighted by Gasteiger charge is -2.01. The van der Waals surface area contributed by atoms with Crippen molar-refractivity contribution >= 4 is 0 Å². The zero-order valence-electron chi connectivity index (χ0n) is 8.17. The summed E-state index contributed by atoms with van der Waals surface area (Å²) >= 11 is 0. The standard InChI is InChI=1S/C11H10N4/c1-12-6-5-10-3-2-4-11(9-10)15-13-7-8-14-15/h2-4,7-9H,5-6H2. The summed E-state index contributed by atoms with van der Waals surface area (Å²) < 4.78 is 0. The molecule has 4 nitrogen and oxygen atoms in total. The number of hydrogen-bond donors (Lipinski definition) is 0. The van der Waals surface area contributed by atoms with Gasteiger partial charge in [0.1, 0.15) is 0 Å². The van der Waals surface area contributed by atoms with Gasteiger partial charge >= 0.3 is 0 Å². The Kier molecular flexibility index (Phi) is 2.75. The molecule has 0 atom stereocenters. The molecule has 74 valence electrons. The lowest BCUT2D eigenvalue weighted by Crippen LogP contribution is -1.99. The number of aromatic nitrogens is 3. The summed E-state index contributed by atoms with van der Waals surface area (Å²) in [5.41, 5.74) is 2.07. The molecule has 0 unspecified atom stereocenters. The van der Waals surface area contributed by atoms with E-state index in [0.717, 1.165) is 17.7 Å². The molecule has 4 heteroatoms. The zero-order chi connectivity index (χ0) is 10.5. The van der Waals surface area contributed by atoms with E-state index >= 15 is 0 Å². The molecule has 1 heterocycles. The van der Waals surface area contributed by atoms with E-state index in [1.807, 2.05) is 24.3 Å². The summed E-state index contributed by atoms with van der Waals surface area (Å²) in [6.07, 6.45) is 4.07. The van der Waals surface area contributed by atoms with Crippen molar-refractivity contribution in [1.82, 2.24) is 15.0 Å². The molecule has 0 aliphatic rings. The van der Waals surface area contributed by atoms with Crippen LogP contribution in [0.15, 0.2) is 36.7 Å². The fraction of sp³-hybridized carbons (Fsp3) is 0.182. The highest BCUT2D eigenvalue weighted by atomic mass is 15.5. The SMILES string of the molecule is [C-]#[N+]CCc1cccc(-n2nccn2)c1. The Bertz CT molecular complexity index is 468. The normalized spacial score (nSPS) is 9.80. The Morgan fingerprint density at radius 3 is 2.80 bits per heavy atom. The molecule has 0 aliphatic heterocycles. The fourth-order valence-corrected chi connectivity index (χ4v) is 1.37. The molecule has 0 fully saturated rings. The molecule has 0 saturated carbocycles. The molecular weight excluding hydrogens is 188 g/mol. The number of rotatable bonds is 3. The van der Waals surface area contributed by atoms with Gasteiger partial charge in [0.15, 0.2) is 0 Å². The molecule has 0 amide bonds. The average Bonchev–Trinajstić information content (AvgIpc) is 2.80. The first-order valence-corrected chi connectivity index (χ1v) is 4.69. The molecule has 0 bridgehead atoms. The van der Waals surface area contributed by atoms with Gasteiger partial charge in [0.2, 0.25) is 6.54 Å². The van der Waals surface area contributed by atoms with E-state index < -0.39 is 0 Å². The van der Waals surface area contributed by atoms with Crippen LogP contribution >= 0.6 is 0 Å². The van der Waals surface area contributed by atoms with Crippen molar-refractivity contribution < 1.29 is 0 Å². The molecule has 1 aromatic carbocycles. The quantitative estimate of drug-likeness (QED) is 0.704. The van der Waals surface area contributed by atoms with Crippen molar-refractivity contribution in [2.45, 2.75) is 6.42 Å². The van der Waals surface area contributed by atoms with Gasteiger partial charge in [0, 0.05) is 6.42 Å². The van der Waals surface area contributed by atoms with Crippen LogP contribution in [0.1, 0.15) is 5.56 Å². The maximum Gasteiger partial charge on any atom is 0.218 e. The van der Waals surface area contributed by atoms with Crippen molar-refractivity contribution in [3.63, 3.8) is 0 Å². The highest BCUT2D eigenvalue weighted by Crippen LogP contribution is 2.08. The molecule has 2 rings (SSSR count). The van der Waals surface area contributed by atoms with E-state index in [4.69, 9.17) is 6.57 Å². The first-order chi connectivity index (χ1) is 7.40. The van der Waals surface area contributed by atoms with E-state index in [-0.39, 0.29) is 0 Å². The molecular formula is C11H10N4. The van der Waals surface area contributed by atoms with Gasteiger partial charge in [-0.1, -0.05) is 12.1 Å². The van der Waals surface area contributed by atoms with Gasteiger partial charge in [-0.3, -0.25) is 0 Å². The Balaban J connectivity index is 2.24. The van der Waals surface area contributed by atoms with E-state index in [9.17, 15) is 0 Å². The third-order valence-electron chi connectivity index (χ3n) is 2.07. The molecule has 1 aromatic heterocycles. The highest BCUT2D eigenvalue weighted by molar-refractivity contribution is 5.34. The molecule has 0 radical (unpaired) electrons. The van der Waals surface area contributed by atoms with Crippen molar-refractivity contribution in [2.75, 3.05) is 6.54 Å². The van der Waals surface area contributed by atoms with Gasteiger partial charge < -0.3 is 4.85 Å². The van der Waals surface area contributed by atoms with Crippen LogP contribution in [0.4, 0.5) is 0 Å². The highest BCUT2D eigenvalue weighted by Gasteiger charge is 2.00. The van der Waals surface area contributed by atoms with E-state index in [1.165, 1.54) is 0 Å². The largest absolute Gasteiger partial charge is 0.317 e. The van der Waals surface area contributed by atoms with Crippen LogP contribution in [0, 0.1) is 6.57 Å². The minimum atomic E-state index is 0.524. The summed E-state index contributed by atoms with van der Waals surface area (Å²) in [5, 5.41) is 8.11. The van der Waals surface area contributed by atoms with Crippen molar-refractivity contribution in [3.05, 3.63) is 53.6 Å². The monoisotopic (exact) mass is 198 g/mol. The number of hydrogen-bond acceptors (Lipinski definition) is 2. The van der Waals surface area contributed by atoms with E-state index in [2.05, 4.69) is 15.0 Å². The molecule has 0 spiro atoms. The average molecular weight is 198 g/mol. The van der Waals surface area contributed by atoms with Crippen molar-refractivity contribution in [2.24, 2.45) is 0 Å². The maximum atomic E-state index is 6.74. The summed E-state index contributed by atoms with van der Waals surface area (Å²) in [5.74, 6) is 0. The lowest BCUT2D eigenvalue weighted by atomic mass is 10.1. The van der Waals surface area contributed by atoms with Crippen LogP contribution in [0.3, 0.4) is 0 Å². The number of nitrogens with zero attached hydrogens (tertiary/aromatic N) is 4. The first-order valence-electron chi connectivity index (χ1n) is 4.69. The van der Waals surface area contributed by atoms with Crippen molar-refractivity contribution in [3.8, 4) is 5.69 Å². The van der Waals surface area contributed by atoms with Gasteiger partial charge in [-0.25, -0.2) is 6.57 Å². The smallest absolute Gasteiger partial charge is 0.218 e. The predicted molar refractivity (Wildman–Crippen MR) is 56.5 cm³/mol. The van der Waals surface area contributed by atoms with E-state index in [1.54, 1.807) is 17.2 Å².